The van der Waals surface area contributed by atoms with E-state index in [2.05, 4.69) is 22.2 Å². The van der Waals surface area contributed by atoms with Gasteiger partial charge in [0.1, 0.15) is 9.71 Å². The SMILES string of the molecule is C=CC(=O)N1CCCC(NC(=O)c2sc3nccc4c3c2NC(=O)N4c2cccc(-c3cccc(Cl)c3)c2)C1. The standard InChI is InChI=1S/C29H24ClN5O3S/c1-2-23(36)34-13-5-9-20(16-34)32-27(37)26-25-24-22(11-12-31-28(24)39-26)35(29(38)33-25)21-10-4-7-18(15-21)17-6-3-8-19(30)14-17/h2-4,6-8,10-12,14-15,20H,1,5,9,13,16H2,(H,32,37)(H,33,38). The van der Waals surface area contributed by atoms with Gasteiger partial charge in [-0.2, -0.15) is 0 Å². The molecule has 6 rings (SSSR count). The molecular formula is C29H24ClN5O3S. The van der Waals surface area contributed by atoms with Gasteiger partial charge in [0.15, 0.2) is 0 Å². The molecule has 0 radical (unpaired) electrons. The fraction of sp³-hybridized carbons (Fsp3) is 0.172. The molecule has 4 aromatic rings. The number of benzene rings is 2. The van der Waals surface area contributed by atoms with Gasteiger partial charge in [-0.15, -0.1) is 11.3 Å². The summed E-state index contributed by atoms with van der Waals surface area (Å²) in [4.78, 5) is 47.8. The highest BCUT2D eigenvalue weighted by Crippen LogP contribution is 2.46. The van der Waals surface area contributed by atoms with Crippen molar-refractivity contribution in [2.75, 3.05) is 23.3 Å². The summed E-state index contributed by atoms with van der Waals surface area (Å²) >= 11 is 7.44. The number of amides is 4. The number of thiophene rings is 1. The first-order valence-electron chi connectivity index (χ1n) is 12.5. The summed E-state index contributed by atoms with van der Waals surface area (Å²) in [6, 6.07) is 16.4. The summed E-state index contributed by atoms with van der Waals surface area (Å²) in [6.45, 7) is 4.62. The maximum Gasteiger partial charge on any atom is 0.331 e. The number of piperidine rings is 1. The Labute approximate surface area is 233 Å². The predicted molar refractivity (Wildman–Crippen MR) is 155 cm³/mol. The van der Waals surface area contributed by atoms with E-state index in [0.717, 1.165) is 24.0 Å². The zero-order valence-electron chi connectivity index (χ0n) is 20.8. The number of carbonyl (C=O) groups is 3. The Morgan fingerprint density at radius 1 is 1.15 bits per heavy atom. The fourth-order valence-electron chi connectivity index (χ4n) is 5.17. The van der Waals surface area contributed by atoms with Crippen molar-refractivity contribution < 1.29 is 14.4 Å². The van der Waals surface area contributed by atoms with Crippen LogP contribution in [0.3, 0.4) is 0 Å². The summed E-state index contributed by atoms with van der Waals surface area (Å²) < 4.78 is 0. The molecule has 1 unspecified atom stereocenters. The van der Waals surface area contributed by atoms with Crippen molar-refractivity contribution in [3.8, 4) is 11.1 Å². The molecule has 2 aromatic carbocycles. The number of hydrogen-bond acceptors (Lipinski definition) is 5. The third-order valence-corrected chi connectivity index (χ3v) is 8.29. The molecule has 4 heterocycles. The number of halogens is 1. The van der Waals surface area contributed by atoms with E-state index in [-0.39, 0.29) is 23.9 Å². The first-order valence-corrected chi connectivity index (χ1v) is 13.7. The Balaban J connectivity index is 1.33. The van der Waals surface area contributed by atoms with Crippen molar-refractivity contribution in [1.82, 2.24) is 15.2 Å². The number of hydrogen-bond donors (Lipinski definition) is 2. The van der Waals surface area contributed by atoms with Gasteiger partial charge in [0.25, 0.3) is 5.91 Å². The summed E-state index contributed by atoms with van der Waals surface area (Å²) in [6.07, 6.45) is 4.49. The maximum atomic E-state index is 13.5. The monoisotopic (exact) mass is 557 g/mol. The predicted octanol–water partition coefficient (Wildman–Crippen LogP) is 6.21. The van der Waals surface area contributed by atoms with E-state index in [1.54, 1.807) is 22.1 Å². The molecule has 2 aromatic heterocycles. The summed E-state index contributed by atoms with van der Waals surface area (Å²) in [5.74, 6) is -0.444. The van der Waals surface area contributed by atoms with Crippen LogP contribution in [-0.4, -0.2) is 46.9 Å². The molecule has 0 spiro atoms. The van der Waals surface area contributed by atoms with E-state index >= 15 is 0 Å². The van der Waals surface area contributed by atoms with Crippen LogP contribution in [0, 0.1) is 0 Å². The molecule has 1 atom stereocenters. The second kappa shape index (κ2) is 10.2. The smallest absolute Gasteiger partial charge is 0.331 e. The van der Waals surface area contributed by atoms with Gasteiger partial charge in [0, 0.05) is 30.4 Å². The topological polar surface area (TPSA) is 94.6 Å². The van der Waals surface area contributed by atoms with Crippen molar-refractivity contribution in [3.63, 3.8) is 0 Å². The van der Waals surface area contributed by atoms with Gasteiger partial charge in [-0.25, -0.2) is 9.78 Å². The van der Waals surface area contributed by atoms with Gasteiger partial charge in [0.05, 0.1) is 22.4 Å². The number of pyridine rings is 1. The molecule has 2 aliphatic rings. The highest BCUT2D eigenvalue weighted by molar-refractivity contribution is 7.21. The van der Waals surface area contributed by atoms with E-state index in [9.17, 15) is 14.4 Å². The van der Waals surface area contributed by atoms with Crippen molar-refractivity contribution in [2.45, 2.75) is 18.9 Å². The van der Waals surface area contributed by atoms with Crippen LogP contribution in [0.1, 0.15) is 22.5 Å². The Hall–Kier alpha value is -4.21. The lowest BCUT2D eigenvalue weighted by atomic mass is 10.0. The number of aromatic nitrogens is 1. The van der Waals surface area contributed by atoms with Gasteiger partial charge >= 0.3 is 6.03 Å². The van der Waals surface area contributed by atoms with Crippen molar-refractivity contribution in [1.29, 1.82) is 0 Å². The van der Waals surface area contributed by atoms with E-state index in [4.69, 9.17) is 11.6 Å². The normalized spacial score (nSPS) is 16.6. The van der Waals surface area contributed by atoms with Crippen LogP contribution in [0.5, 0.6) is 0 Å². The van der Waals surface area contributed by atoms with Gasteiger partial charge in [-0.05, 0) is 60.4 Å². The van der Waals surface area contributed by atoms with Gasteiger partial charge in [0.2, 0.25) is 5.91 Å². The molecule has 196 valence electrons. The second-order valence-corrected chi connectivity index (χ2v) is 10.9. The largest absolute Gasteiger partial charge is 0.347 e. The zero-order chi connectivity index (χ0) is 27.1. The van der Waals surface area contributed by atoms with Crippen LogP contribution < -0.4 is 15.5 Å². The van der Waals surface area contributed by atoms with Crippen LogP contribution in [0.2, 0.25) is 5.02 Å². The van der Waals surface area contributed by atoms with Gasteiger partial charge < -0.3 is 15.5 Å². The third kappa shape index (κ3) is 4.64. The zero-order valence-corrected chi connectivity index (χ0v) is 22.4. The number of likely N-dealkylation sites (tertiary alicyclic amines) is 1. The molecule has 4 amide bonds. The summed E-state index contributed by atoms with van der Waals surface area (Å²) in [5, 5.41) is 7.34. The molecular weight excluding hydrogens is 534 g/mol. The summed E-state index contributed by atoms with van der Waals surface area (Å²) in [5.41, 5.74) is 3.64. The first kappa shape index (κ1) is 25.1. The molecule has 8 nitrogen and oxygen atoms in total. The van der Waals surface area contributed by atoms with E-state index in [0.29, 0.717) is 50.3 Å². The molecule has 0 saturated carbocycles. The van der Waals surface area contributed by atoms with E-state index in [1.807, 2.05) is 48.5 Å². The molecule has 0 bridgehead atoms. The molecule has 39 heavy (non-hydrogen) atoms. The number of nitrogens with zero attached hydrogens (tertiary/aromatic N) is 3. The van der Waals surface area contributed by atoms with Gasteiger partial charge in [-0.3, -0.25) is 14.5 Å². The molecule has 10 heteroatoms. The fourth-order valence-corrected chi connectivity index (χ4v) is 6.38. The number of urea groups is 1. The highest BCUT2D eigenvalue weighted by atomic mass is 35.5. The maximum absolute atomic E-state index is 13.5. The molecule has 1 saturated heterocycles. The quantitative estimate of drug-likeness (QED) is 0.285. The van der Waals surface area contributed by atoms with E-state index in [1.165, 1.54) is 17.4 Å². The molecule has 1 fully saturated rings. The number of nitrogens with one attached hydrogen (secondary N) is 2. The van der Waals surface area contributed by atoms with Crippen LogP contribution in [-0.2, 0) is 4.79 Å². The first-order chi connectivity index (χ1) is 18.9. The Kier molecular flexibility index (Phi) is 6.54. The van der Waals surface area contributed by atoms with Crippen molar-refractivity contribution in [3.05, 3.63) is 83.3 Å². The van der Waals surface area contributed by atoms with Crippen molar-refractivity contribution >= 4 is 68.1 Å². The minimum atomic E-state index is -0.369. The lowest BCUT2D eigenvalue weighted by Gasteiger charge is -2.32. The van der Waals surface area contributed by atoms with Crippen LogP contribution in [0.25, 0.3) is 21.3 Å². The minimum absolute atomic E-state index is 0.147. The van der Waals surface area contributed by atoms with Gasteiger partial charge in [-0.1, -0.05) is 42.4 Å². The molecule has 0 aliphatic carbocycles. The second-order valence-electron chi connectivity index (χ2n) is 9.44. The Bertz CT molecular complexity index is 1650. The average molecular weight is 558 g/mol. The van der Waals surface area contributed by atoms with Crippen LogP contribution >= 0.6 is 22.9 Å². The number of anilines is 3. The lowest BCUT2D eigenvalue weighted by molar-refractivity contribution is -0.127. The highest BCUT2D eigenvalue weighted by Gasteiger charge is 2.34. The van der Waals surface area contributed by atoms with Crippen LogP contribution in [0.4, 0.5) is 21.9 Å². The number of carbonyl (C=O) groups excluding carboxylic acids is 3. The molecule has 2 N–H and O–H groups in total. The number of rotatable bonds is 5. The minimum Gasteiger partial charge on any atom is -0.347 e. The Morgan fingerprint density at radius 2 is 1.95 bits per heavy atom. The average Bonchev–Trinajstić information content (AvgIpc) is 3.32. The summed E-state index contributed by atoms with van der Waals surface area (Å²) in [7, 11) is 0. The van der Waals surface area contributed by atoms with Crippen molar-refractivity contribution in [2.24, 2.45) is 0 Å². The molecule has 2 aliphatic heterocycles. The van der Waals surface area contributed by atoms with E-state index < -0.39 is 0 Å². The lowest BCUT2D eigenvalue weighted by Crippen LogP contribution is -2.49. The van der Waals surface area contributed by atoms with Crippen LogP contribution in [0.15, 0.2) is 73.4 Å². The third-order valence-electron chi connectivity index (χ3n) is 6.96. The Morgan fingerprint density at radius 3 is 2.74 bits per heavy atom.